The van der Waals surface area contributed by atoms with Crippen LogP contribution in [0.25, 0.3) is 0 Å². The van der Waals surface area contributed by atoms with E-state index in [4.69, 9.17) is 0 Å². The standard InChI is InChI=1S/C9H19N3O5S2/c1-11(19(16,17)8-18(2,14)15)7-9(13)12-5-3-10-4-6-12/h10H,3-8H2,1-2H3. The Hall–Kier alpha value is -0.710. The summed E-state index contributed by atoms with van der Waals surface area (Å²) >= 11 is 0. The summed E-state index contributed by atoms with van der Waals surface area (Å²) in [7, 11) is -6.41. The molecule has 1 aliphatic heterocycles. The molecule has 19 heavy (non-hydrogen) atoms. The van der Waals surface area contributed by atoms with Gasteiger partial charge in [0.1, 0.15) is 0 Å². The minimum atomic E-state index is -3.97. The number of hydrogen-bond acceptors (Lipinski definition) is 6. The van der Waals surface area contributed by atoms with Crippen molar-refractivity contribution < 1.29 is 21.6 Å². The van der Waals surface area contributed by atoms with E-state index < -0.39 is 24.9 Å². The lowest BCUT2D eigenvalue weighted by atomic mass is 10.3. The summed E-state index contributed by atoms with van der Waals surface area (Å²) in [5, 5.41) is 2.10. The molecule has 10 heteroatoms. The van der Waals surface area contributed by atoms with E-state index in [2.05, 4.69) is 5.32 Å². The van der Waals surface area contributed by atoms with Crippen LogP contribution < -0.4 is 5.32 Å². The maximum Gasteiger partial charge on any atom is 0.237 e. The van der Waals surface area contributed by atoms with E-state index in [1.54, 1.807) is 4.90 Å². The van der Waals surface area contributed by atoms with E-state index in [1.165, 1.54) is 7.05 Å². The number of rotatable bonds is 5. The Labute approximate surface area is 113 Å². The molecular formula is C9H19N3O5S2. The van der Waals surface area contributed by atoms with Gasteiger partial charge in [0, 0.05) is 39.5 Å². The molecule has 1 rings (SSSR count). The SMILES string of the molecule is CN(CC(=O)N1CCNCC1)S(=O)(=O)CS(C)(=O)=O. The second-order valence-electron chi connectivity index (χ2n) is 4.54. The van der Waals surface area contributed by atoms with Gasteiger partial charge in [0.15, 0.2) is 14.9 Å². The Morgan fingerprint density at radius 1 is 1.21 bits per heavy atom. The molecule has 0 spiro atoms. The van der Waals surface area contributed by atoms with Gasteiger partial charge in [-0.15, -0.1) is 0 Å². The topological polar surface area (TPSA) is 104 Å². The van der Waals surface area contributed by atoms with Crippen molar-refractivity contribution in [2.45, 2.75) is 0 Å². The number of amides is 1. The van der Waals surface area contributed by atoms with Crippen LogP contribution in [0.4, 0.5) is 0 Å². The summed E-state index contributed by atoms with van der Waals surface area (Å²) in [5.74, 6) is -0.318. The largest absolute Gasteiger partial charge is 0.339 e. The molecule has 1 amide bonds. The zero-order valence-electron chi connectivity index (χ0n) is 11.0. The molecular weight excluding hydrogens is 294 g/mol. The lowest BCUT2D eigenvalue weighted by Crippen LogP contribution is -2.50. The molecule has 0 saturated carbocycles. The number of piperazine rings is 1. The van der Waals surface area contributed by atoms with Crippen LogP contribution in [-0.4, -0.2) is 83.1 Å². The fourth-order valence-electron chi connectivity index (χ4n) is 1.66. The van der Waals surface area contributed by atoms with Crippen molar-refractivity contribution in [3.63, 3.8) is 0 Å². The highest BCUT2D eigenvalue weighted by Crippen LogP contribution is 2.04. The number of sulfone groups is 1. The van der Waals surface area contributed by atoms with Gasteiger partial charge in [-0.1, -0.05) is 0 Å². The smallest absolute Gasteiger partial charge is 0.237 e. The van der Waals surface area contributed by atoms with Gasteiger partial charge in [0.25, 0.3) is 0 Å². The molecule has 0 aromatic carbocycles. The first kappa shape index (κ1) is 16.3. The van der Waals surface area contributed by atoms with E-state index in [1.807, 2.05) is 0 Å². The highest BCUT2D eigenvalue weighted by atomic mass is 32.3. The molecule has 0 aromatic rings. The molecule has 1 aliphatic rings. The molecule has 1 saturated heterocycles. The average molecular weight is 313 g/mol. The summed E-state index contributed by atoms with van der Waals surface area (Å²) in [6.45, 7) is 2.06. The van der Waals surface area contributed by atoms with Crippen LogP contribution in [0.3, 0.4) is 0 Å². The van der Waals surface area contributed by atoms with Gasteiger partial charge in [-0.25, -0.2) is 16.8 Å². The first-order chi connectivity index (χ1) is 8.62. The highest BCUT2D eigenvalue weighted by molar-refractivity contribution is 8.06. The van der Waals surface area contributed by atoms with E-state index in [-0.39, 0.29) is 12.5 Å². The molecule has 1 fully saturated rings. The van der Waals surface area contributed by atoms with Crippen molar-refractivity contribution in [2.24, 2.45) is 0 Å². The van der Waals surface area contributed by atoms with Gasteiger partial charge >= 0.3 is 0 Å². The van der Waals surface area contributed by atoms with Crippen molar-refractivity contribution in [2.75, 3.05) is 51.1 Å². The summed E-state index contributed by atoms with van der Waals surface area (Å²) in [6, 6.07) is 0. The lowest BCUT2D eigenvalue weighted by molar-refractivity contribution is -0.131. The number of likely N-dealkylation sites (N-methyl/N-ethyl adjacent to an activating group) is 1. The molecule has 0 unspecified atom stereocenters. The first-order valence-electron chi connectivity index (χ1n) is 5.72. The van der Waals surface area contributed by atoms with Crippen LogP contribution in [-0.2, 0) is 24.7 Å². The van der Waals surface area contributed by atoms with Gasteiger partial charge in [-0.3, -0.25) is 4.79 Å². The van der Waals surface area contributed by atoms with E-state index in [9.17, 15) is 21.6 Å². The van der Waals surface area contributed by atoms with E-state index in [0.717, 1.165) is 10.6 Å². The molecule has 0 aromatic heterocycles. The molecule has 0 aliphatic carbocycles. The monoisotopic (exact) mass is 313 g/mol. The van der Waals surface area contributed by atoms with Crippen LogP contribution >= 0.6 is 0 Å². The number of nitrogens with one attached hydrogen (secondary N) is 1. The predicted molar refractivity (Wildman–Crippen MR) is 70.7 cm³/mol. The molecule has 8 nitrogen and oxygen atoms in total. The molecule has 0 bridgehead atoms. The first-order valence-corrected chi connectivity index (χ1v) is 9.39. The number of carbonyl (C=O) groups excluding carboxylic acids is 1. The normalized spacial score (nSPS) is 17.7. The molecule has 1 N–H and O–H groups in total. The number of carbonyl (C=O) groups is 1. The van der Waals surface area contributed by atoms with Gasteiger partial charge < -0.3 is 10.2 Å². The lowest BCUT2D eigenvalue weighted by Gasteiger charge is -2.29. The van der Waals surface area contributed by atoms with Crippen molar-refractivity contribution >= 4 is 25.8 Å². The molecule has 0 atom stereocenters. The van der Waals surface area contributed by atoms with E-state index >= 15 is 0 Å². The van der Waals surface area contributed by atoms with Crippen LogP contribution in [0.15, 0.2) is 0 Å². The fraction of sp³-hybridized carbons (Fsp3) is 0.889. The predicted octanol–water partition coefficient (Wildman–Crippen LogP) is -2.32. The third-order valence-electron chi connectivity index (χ3n) is 2.67. The number of sulfonamides is 1. The van der Waals surface area contributed by atoms with E-state index in [0.29, 0.717) is 26.2 Å². The number of hydrogen-bond donors (Lipinski definition) is 1. The summed E-state index contributed by atoms with van der Waals surface area (Å²) in [5.41, 5.74) is 0. The summed E-state index contributed by atoms with van der Waals surface area (Å²) in [4.78, 5) is 13.4. The van der Waals surface area contributed by atoms with Crippen molar-refractivity contribution in [3.8, 4) is 0 Å². The van der Waals surface area contributed by atoms with Gasteiger partial charge in [-0.05, 0) is 0 Å². The molecule has 112 valence electrons. The Morgan fingerprint density at radius 3 is 2.21 bits per heavy atom. The average Bonchev–Trinajstić information content (AvgIpc) is 2.26. The Bertz CT molecular complexity index is 522. The maximum atomic E-state index is 11.9. The fourth-order valence-corrected chi connectivity index (χ4v) is 4.85. The minimum absolute atomic E-state index is 0.318. The van der Waals surface area contributed by atoms with Crippen LogP contribution in [0, 0.1) is 0 Å². The quantitative estimate of drug-likeness (QED) is 0.611. The van der Waals surface area contributed by atoms with Crippen molar-refractivity contribution in [1.29, 1.82) is 0 Å². The second-order valence-corrected chi connectivity index (χ2v) is 9.12. The third kappa shape index (κ3) is 5.43. The molecule has 0 radical (unpaired) electrons. The van der Waals surface area contributed by atoms with Crippen LogP contribution in [0.2, 0.25) is 0 Å². The van der Waals surface area contributed by atoms with Crippen molar-refractivity contribution in [1.82, 2.24) is 14.5 Å². The van der Waals surface area contributed by atoms with Crippen molar-refractivity contribution in [3.05, 3.63) is 0 Å². The number of nitrogens with zero attached hydrogens (tertiary/aromatic N) is 2. The highest BCUT2D eigenvalue weighted by Gasteiger charge is 2.27. The summed E-state index contributed by atoms with van der Waals surface area (Å²) < 4.78 is 46.3. The second kappa shape index (κ2) is 6.16. The van der Waals surface area contributed by atoms with Gasteiger partial charge in [-0.2, -0.15) is 4.31 Å². The van der Waals surface area contributed by atoms with Crippen LogP contribution in [0.5, 0.6) is 0 Å². The zero-order valence-corrected chi connectivity index (χ0v) is 12.6. The Balaban J connectivity index is 2.63. The van der Waals surface area contributed by atoms with Gasteiger partial charge in [0.05, 0.1) is 6.54 Å². The molecule has 1 heterocycles. The summed E-state index contributed by atoms with van der Waals surface area (Å²) in [6.07, 6.45) is 0.844. The Kier molecular flexibility index (Phi) is 5.30. The Morgan fingerprint density at radius 2 is 1.74 bits per heavy atom. The minimum Gasteiger partial charge on any atom is -0.339 e. The van der Waals surface area contributed by atoms with Crippen LogP contribution in [0.1, 0.15) is 0 Å². The zero-order chi connectivity index (χ0) is 14.7. The maximum absolute atomic E-state index is 11.9. The third-order valence-corrected chi connectivity index (χ3v) is 6.65. The van der Waals surface area contributed by atoms with Gasteiger partial charge in [0.2, 0.25) is 15.9 Å².